The predicted octanol–water partition coefficient (Wildman–Crippen LogP) is 1.47. The molecule has 0 radical (unpaired) electrons. The number of rotatable bonds is 4. The zero-order valence-corrected chi connectivity index (χ0v) is 9.23. The van der Waals surface area contributed by atoms with Crippen molar-refractivity contribution < 1.29 is 4.74 Å². The van der Waals surface area contributed by atoms with Crippen LogP contribution in [0.4, 0.5) is 0 Å². The molecule has 0 amide bonds. The van der Waals surface area contributed by atoms with Crippen molar-refractivity contribution in [3.8, 4) is 5.75 Å². The third kappa shape index (κ3) is 2.23. The fourth-order valence-electron chi connectivity index (χ4n) is 1.66. The van der Waals surface area contributed by atoms with Gasteiger partial charge in [0.15, 0.2) is 0 Å². The molecule has 0 aliphatic heterocycles. The molecule has 0 aliphatic carbocycles. The predicted molar refractivity (Wildman–Crippen MR) is 62.3 cm³/mol. The highest BCUT2D eigenvalue weighted by Gasteiger charge is 2.05. The zero-order chi connectivity index (χ0) is 11.4. The first kappa shape index (κ1) is 10.7. The van der Waals surface area contributed by atoms with Gasteiger partial charge in [-0.25, -0.2) is 0 Å². The van der Waals surface area contributed by atoms with Gasteiger partial charge in [0, 0.05) is 24.2 Å². The summed E-state index contributed by atoms with van der Waals surface area (Å²) in [7, 11) is 1.68. The number of para-hydroxylation sites is 1. The van der Waals surface area contributed by atoms with E-state index in [-0.39, 0.29) is 0 Å². The van der Waals surface area contributed by atoms with Crippen LogP contribution in [0, 0.1) is 0 Å². The second-order valence-electron chi connectivity index (χ2n) is 3.58. The SMILES string of the molecule is COc1ccccc1Cc1cc(CN)n[nH]1. The van der Waals surface area contributed by atoms with Gasteiger partial charge in [0.05, 0.1) is 12.8 Å². The van der Waals surface area contributed by atoms with Gasteiger partial charge in [-0.05, 0) is 12.1 Å². The van der Waals surface area contributed by atoms with Gasteiger partial charge in [0.25, 0.3) is 0 Å². The Labute approximate surface area is 94.4 Å². The quantitative estimate of drug-likeness (QED) is 0.815. The summed E-state index contributed by atoms with van der Waals surface area (Å²) < 4.78 is 5.29. The normalized spacial score (nSPS) is 10.4. The molecule has 4 nitrogen and oxygen atoms in total. The van der Waals surface area contributed by atoms with Crippen molar-refractivity contribution in [3.05, 3.63) is 47.3 Å². The summed E-state index contributed by atoms with van der Waals surface area (Å²) in [5.41, 5.74) is 8.57. The van der Waals surface area contributed by atoms with Crippen molar-refractivity contribution in [2.75, 3.05) is 7.11 Å². The number of H-pyrrole nitrogens is 1. The Morgan fingerprint density at radius 3 is 2.88 bits per heavy atom. The Hall–Kier alpha value is -1.81. The molecule has 0 spiro atoms. The van der Waals surface area contributed by atoms with E-state index in [0.29, 0.717) is 6.54 Å². The van der Waals surface area contributed by atoms with Crippen LogP contribution >= 0.6 is 0 Å². The molecule has 0 saturated carbocycles. The Bertz CT molecular complexity index is 465. The molecule has 1 heterocycles. The van der Waals surface area contributed by atoms with E-state index in [1.165, 1.54) is 0 Å². The van der Waals surface area contributed by atoms with E-state index in [1.807, 2.05) is 30.3 Å². The second-order valence-corrected chi connectivity index (χ2v) is 3.58. The number of aromatic nitrogens is 2. The number of hydrogen-bond acceptors (Lipinski definition) is 3. The van der Waals surface area contributed by atoms with Crippen LogP contribution in [-0.4, -0.2) is 17.3 Å². The molecule has 3 N–H and O–H groups in total. The van der Waals surface area contributed by atoms with Gasteiger partial charge in [-0.3, -0.25) is 5.10 Å². The number of benzene rings is 1. The van der Waals surface area contributed by atoms with Gasteiger partial charge in [-0.2, -0.15) is 5.10 Å². The maximum atomic E-state index is 5.51. The Balaban J connectivity index is 2.19. The molecule has 0 fully saturated rings. The van der Waals surface area contributed by atoms with Crippen LogP contribution in [0.3, 0.4) is 0 Å². The number of hydrogen-bond donors (Lipinski definition) is 2. The van der Waals surface area contributed by atoms with Crippen LogP contribution in [0.25, 0.3) is 0 Å². The summed E-state index contributed by atoms with van der Waals surface area (Å²) in [6, 6.07) is 9.93. The molecule has 0 bridgehead atoms. The Morgan fingerprint density at radius 2 is 2.19 bits per heavy atom. The van der Waals surface area contributed by atoms with E-state index in [1.54, 1.807) is 7.11 Å². The highest BCUT2D eigenvalue weighted by atomic mass is 16.5. The van der Waals surface area contributed by atoms with Crippen molar-refractivity contribution in [2.24, 2.45) is 5.73 Å². The van der Waals surface area contributed by atoms with Crippen LogP contribution < -0.4 is 10.5 Å². The minimum Gasteiger partial charge on any atom is -0.496 e. The lowest BCUT2D eigenvalue weighted by Crippen LogP contribution is -1.95. The molecular formula is C12H15N3O. The average Bonchev–Trinajstić information content (AvgIpc) is 2.77. The van der Waals surface area contributed by atoms with Gasteiger partial charge >= 0.3 is 0 Å². The highest BCUT2D eigenvalue weighted by Crippen LogP contribution is 2.20. The largest absolute Gasteiger partial charge is 0.496 e. The van der Waals surface area contributed by atoms with E-state index < -0.39 is 0 Å². The zero-order valence-electron chi connectivity index (χ0n) is 9.23. The van der Waals surface area contributed by atoms with E-state index in [0.717, 1.165) is 29.1 Å². The summed E-state index contributed by atoms with van der Waals surface area (Å²) in [5.74, 6) is 0.895. The smallest absolute Gasteiger partial charge is 0.122 e. The Kier molecular flexibility index (Phi) is 3.22. The lowest BCUT2D eigenvalue weighted by atomic mass is 10.1. The minimum atomic E-state index is 0.461. The third-order valence-corrected chi connectivity index (χ3v) is 2.47. The average molecular weight is 217 g/mol. The van der Waals surface area contributed by atoms with E-state index in [4.69, 9.17) is 10.5 Å². The van der Waals surface area contributed by atoms with Crippen molar-refractivity contribution in [1.82, 2.24) is 10.2 Å². The van der Waals surface area contributed by atoms with Gasteiger partial charge in [-0.1, -0.05) is 18.2 Å². The lowest BCUT2D eigenvalue weighted by molar-refractivity contribution is 0.410. The highest BCUT2D eigenvalue weighted by molar-refractivity contribution is 5.36. The molecule has 16 heavy (non-hydrogen) atoms. The van der Waals surface area contributed by atoms with Crippen LogP contribution in [0.2, 0.25) is 0 Å². The monoisotopic (exact) mass is 217 g/mol. The van der Waals surface area contributed by atoms with Crippen LogP contribution in [-0.2, 0) is 13.0 Å². The fourth-order valence-corrected chi connectivity index (χ4v) is 1.66. The first-order chi connectivity index (χ1) is 7.83. The minimum absolute atomic E-state index is 0.461. The van der Waals surface area contributed by atoms with Crippen LogP contribution in [0.15, 0.2) is 30.3 Å². The third-order valence-electron chi connectivity index (χ3n) is 2.47. The van der Waals surface area contributed by atoms with Gasteiger partial charge in [-0.15, -0.1) is 0 Å². The standard InChI is InChI=1S/C12H15N3O/c1-16-12-5-3-2-4-9(12)6-10-7-11(8-13)15-14-10/h2-5,7H,6,8,13H2,1H3,(H,14,15). The van der Waals surface area contributed by atoms with E-state index in [9.17, 15) is 0 Å². The van der Waals surface area contributed by atoms with Gasteiger partial charge in [0.2, 0.25) is 0 Å². The topological polar surface area (TPSA) is 63.9 Å². The molecule has 2 rings (SSSR count). The Morgan fingerprint density at radius 1 is 1.38 bits per heavy atom. The van der Waals surface area contributed by atoms with Gasteiger partial charge in [0.1, 0.15) is 5.75 Å². The van der Waals surface area contributed by atoms with E-state index in [2.05, 4.69) is 10.2 Å². The molecular weight excluding hydrogens is 202 g/mol. The summed E-state index contributed by atoms with van der Waals surface area (Å²) in [4.78, 5) is 0. The first-order valence-electron chi connectivity index (χ1n) is 5.18. The molecule has 1 aromatic heterocycles. The number of nitrogens with two attached hydrogens (primary N) is 1. The maximum absolute atomic E-state index is 5.51. The van der Waals surface area contributed by atoms with Crippen LogP contribution in [0.5, 0.6) is 5.75 Å². The first-order valence-corrected chi connectivity index (χ1v) is 5.18. The van der Waals surface area contributed by atoms with E-state index >= 15 is 0 Å². The van der Waals surface area contributed by atoms with Crippen molar-refractivity contribution >= 4 is 0 Å². The number of aromatic amines is 1. The fraction of sp³-hybridized carbons (Fsp3) is 0.250. The molecule has 2 aromatic rings. The summed E-state index contributed by atoms with van der Waals surface area (Å²) in [6.07, 6.45) is 0.775. The summed E-state index contributed by atoms with van der Waals surface area (Å²) in [6.45, 7) is 0.461. The number of ether oxygens (including phenoxy) is 1. The second kappa shape index (κ2) is 4.81. The van der Waals surface area contributed by atoms with Crippen molar-refractivity contribution in [2.45, 2.75) is 13.0 Å². The summed E-state index contributed by atoms with van der Waals surface area (Å²) in [5, 5.41) is 7.07. The lowest BCUT2D eigenvalue weighted by Gasteiger charge is -2.06. The van der Waals surface area contributed by atoms with Gasteiger partial charge < -0.3 is 10.5 Å². The number of nitrogens with zero attached hydrogens (tertiary/aromatic N) is 1. The number of nitrogens with one attached hydrogen (secondary N) is 1. The molecule has 1 aromatic carbocycles. The molecule has 0 atom stereocenters. The summed E-state index contributed by atoms with van der Waals surface area (Å²) >= 11 is 0. The number of methoxy groups -OCH3 is 1. The molecule has 0 aliphatic rings. The molecule has 84 valence electrons. The molecule has 4 heteroatoms. The van der Waals surface area contributed by atoms with Crippen LogP contribution in [0.1, 0.15) is 17.0 Å². The molecule has 0 unspecified atom stereocenters. The maximum Gasteiger partial charge on any atom is 0.122 e. The van der Waals surface area contributed by atoms with Crippen molar-refractivity contribution in [3.63, 3.8) is 0 Å². The molecule has 0 saturated heterocycles. The van der Waals surface area contributed by atoms with Crippen molar-refractivity contribution in [1.29, 1.82) is 0 Å².